The van der Waals surface area contributed by atoms with Crippen molar-refractivity contribution in [2.75, 3.05) is 39.6 Å². The predicted molar refractivity (Wildman–Crippen MR) is 241 cm³/mol. The molecule has 0 bridgehead atoms. The normalized spacial score (nSPS) is 12.1. The summed E-state index contributed by atoms with van der Waals surface area (Å²) in [5.41, 5.74) is 0.790. The van der Waals surface area contributed by atoms with Crippen molar-refractivity contribution in [3.8, 4) is 0 Å². The third kappa shape index (κ3) is 38.8. The average Bonchev–Trinajstić information content (AvgIpc) is 2.86. The molecule has 10 nitrogen and oxygen atoms in total. The van der Waals surface area contributed by atoms with Gasteiger partial charge in [-0.05, 0) is 104 Å². The van der Waals surface area contributed by atoms with Gasteiger partial charge in [-0.2, -0.15) is 0 Å². The molecule has 0 aromatic carbocycles. The molecule has 0 aliphatic rings. The van der Waals surface area contributed by atoms with Crippen LogP contribution >= 0.6 is 0 Å². The fraction of sp³-hybridized carbons (Fsp3) is 0.842. The summed E-state index contributed by atoms with van der Waals surface area (Å²) in [7, 11) is -9.60. The SMILES string of the molecule is C.C.C.C.C.C.C.C.C.C=C(C)C(=O)OCCC[Si](C)(C)O[Si](C)(C)O[Si](C)(CCCOCCOC(C)CO)O[Si](C)(C)CCCOC(=O)C(=C)C. The molecule has 1 N–H and O–H groups in total. The zero-order valence-electron chi connectivity index (χ0n) is 28.6. The van der Waals surface area contributed by atoms with Crippen molar-refractivity contribution in [1.82, 2.24) is 0 Å². The minimum absolute atomic E-state index is 0. The molecule has 0 spiro atoms. The monoisotopic (exact) mass is 825 g/mol. The first-order chi connectivity index (χ1) is 19.7. The first-order valence-electron chi connectivity index (χ1n) is 15.3. The summed E-state index contributed by atoms with van der Waals surface area (Å²) in [5, 5.41) is 9.09. The van der Waals surface area contributed by atoms with Gasteiger partial charge in [-0.25, -0.2) is 9.59 Å². The lowest BCUT2D eigenvalue weighted by atomic mass is 10.4. The fourth-order valence-electron chi connectivity index (χ4n) is 4.55. The lowest BCUT2D eigenvalue weighted by Gasteiger charge is -2.42. The van der Waals surface area contributed by atoms with E-state index in [0.717, 1.165) is 31.0 Å². The van der Waals surface area contributed by atoms with Crippen LogP contribution < -0.4 is 0 Å². The van der Waals surface area contributed by atoms with Crippen LogP contribution in [0.5, 0.6) is 0 Å². The standard InChI is InChI=1S/C29H60O10Si4.9CH4/c1-25(2)28(31)35-17-14-21-40(6,7)37-42(10,11)39-43(12,23-13-16-33-19-20-34-27(5)24-30)38-41(8,9)22-15-18-36-29(32)26(3)4;;;;;;;;;/h27,30H,1,3,13-24H2,2,4-12H3;9*1H4. The van der Waals surface area contributed by atoms with Gasteiger partial charge in [-0.15, -0.1) is 0 Å². The largest absolute Gasteiger partial charge is 0.462 e. The Kier molecular flexibility index (Phi) is 54.0. The number of hydrogen-bond acceptors (Lipinski definition) is 10. The van der Waals surface area contributed by atoms with Crippen molar-refractivity contribution in [3.63, 3.8) is 0 Å². The van der Waals surface area contributed by atoms with E-state index in [-0.39, 0.29) is 91.5 Å². The van der Waals surface area contributed by atoms with Gasteiger partial charge in [0.1, 0.15) is 0 Å². The van der Waals surface area contributed by atoms with Crippen LogP contribution in [0.25, 0.3) is 0 Å². The van der Waals surface area contributed by atoms with Crippen molar-refractivity contribution in [2.45, 2.75) is 177 Å². The number of carbonyl (C=O) groups excluding carboxylic acids is 2. The molecule has 0 amide bonds. The topological polar surface area (TPSA) is 119 Å². The molecule has 14 heteroatoms. The Morgan fingerprint density at radius 2 is 0.962 bits per heavy atom. The lowest BCUT2D eigenvalue weighted by Crippen LogP contribution is -2.57. The number of esters is 2. The van der Waals surface area contributed by atoms with Crippen molar-refractivity contribution >= 4 is 45.7 Å². The first-order valence-corrected chi connectivity index (χ1v) is 26.9. The van der Waals surface area contributed by atoms with E-state index >= 15 is 0 Å². The number of aliphatic hydroxyl groups is 1. The Bertz CT molecular complexity index is 886. The van der Waals surface area contributed by atoms with Crippen LogP contribution in [0.2, 0.25) is 64.0 Å². The molecule has 0 aliphatic carbocycles. The Morgan fingerprint density at radius 3 is 1.35 bits per heavy atom. The van der Waals surface area contributed by atoms with E-state index in [1.54, 1.807) is 13.8 Å². The van der Waals surface area contributed by atoms with Crippen LogP contribution in [-0.2, 0) is 40.9 Å². The molecule has 2 atom stereocenters. The number of aliphatic hydroxyl groups excluding tert-OH is 1. The Hall–Kier alpha value is -0.952. The Balaban J connectivity index is -0.000000245. The van der Waals surface area contributed by atoms with Crippen LogP contribution in [0.15, 0.2) is 24.3 Å². The maximum Gasteiger partial charge on any atom is 0.333 e. The van der Waals surface area contributed by atoms with Gasteiger partial charge < -0.3 is 36.4 Å². The van der Waals surface area contributed by atoms with E-state index in [0.29, 0.717) is 50.6 Å². The summed E-state index contributed by atoms with van der Waals surface area (Å²) in [6, 6.07) is 2.41. The van der Waals surface area contributed by atoms with Gasteiger partial charge in [0.05, 0.1) is 39.1 Å². The molecular formula is C38H96O10Si4. The van der Waals surface area contributed by atoms with Gasteiger partial charge in [0.15, 0.2) is 16.6 Å². The molecule has 324 valence electrons. The second kappa shape index (κ2) is 37.0. The summed E-state index contributed by atoms with van der Waals surface area (Å²) in [6.07, 6.45) is 2.01. The van der Waals surface area contributed by atoms with E-state index in [2.05, 4.69) is 59.0 Å². The summed E-state index contributed by atoms with van der Waals surface area (Å²) in [5.74, 6) is -0.737. The number of carbonyl (C=O) groups is 2. The average molecular weight is 826 g/mol. The minimum Gasteiger partial charge on any atom is -0.462 e. The first kappa shape index (κ1) is 75.9. The third-order valence-electron chi connectivity index (χ3n) is 6.29. The molecule has 0 saturated carbocycles. The molecule has 0 rings (SSSR count). The molecule has 0 fully saturated rings. The van der Waals surface area contributed by atoms with Crippen molar-refractivity contribution in [1.29, 1.82) is 0 Å². The smallest absolute Gasteiger partial charge is 0.333 e. The number of ether oxygens (including phenoxy) is 4. The molecule has 0 aromatic heterocycles. The summed E-state index contributed by atoms with van der Waals surface area (Å²) in [4.78, 5) is 23.4. The van der Waals surface area contributed by atoms with E-state index < -0.39 is 33.8 Å². The predicted octanol–water partition coefficient (Wildman–Crippen LogP) is 11.8. The summed E-state index contributed by atoms with van der Waals surface area (Å²) < 4.78 is 42.4. The van der Waals surface area contributed by atoms with Crippen molar-refractivity contribution < 1.29 is 46.0 Å². The zero-order chi connectivity index (χ0) is 33.3. The van der Waals surface area contributed by atoms with Gasteiger partial charge >= 0.3 is 29.1 Å². The van der Waals surface area contributed by atoms with E-state index in [1.165, 1.54) is 0 Å². The maximum absolute atomic E-state index is 11.8. The zero-order valence-corrected chi connectivity index (χ0v) is 32.6. The molecule has 0 heterocycles. The molecule has 52 heavy (non-hydrogen) atoms. The molecular weight excluding hydrogens is 729 g/mol. The van der Waals surface area contributed by atoms with E-state index in [9.17, 15) is 9.59 Å². The highest BCUT2D eigenvalue weighted by Gasteiger charge is 2.45. The fourth-order valence-corrected chi connectivity index (χ4v) is 24.2. The molecule has 0 aliphatic heterocycles. The Labute approximate surface area is 331 Å². The summed E-state index contributed by atoms with van der Waals surface area (Å²) >= 11 is 0. The lowest BCUT2D eigenvalue weighted by molar-refractivity contribution is -0.139. The quantitative estimate of drug-likeness (QED) is 0.0412. The van der Waals surface area contributed by atoms with Gasteiger partial charge in [0.2, 0.25) is 0 Å². The highest BCUT2D eigenvalue weighted by molar-refractivity contribution is 6.89. The highest BCUT2D eigenvalue weighted by atomic mass is 28.5. The number of rotatable bonds is 25. The molecule has 2 unspecified atom stereocenters. The van der Waals surface area contributed by atoms with Crippen LogP contribution in [0.3, 0.4) is 0 Å². The maximum atomic E-state index is 11.8. The van der Waals surface area contributed by atoms with Crippen LogP contribution in [0, 0.1) is 0 Å². The summed E-state index contributed by atoms with van der Waals surface area (Å²) in [6.45, 7) is 29.4. The van der Waals surface area contributed by atoms with Crippen molar-refractivity contribution in [3.05, 3.63) is 24.3 Å². The third-order valence-corrected chi connectivity index (χ3v) is 22.5. The van der Waals surface area contributed by atoms with Crippen LogP contribution in [0.1, 0.15) is 107 Å². The highest BCUT2D eigenvalue weighted by Crippen LogP contribution is 2.30. The van der Waals surface area contributed by atoms with Gasteiger partial charge in [-0.3, -0.25) is 0 Å². The molecule has 0 radical (unpaired) electrons. The van der Waals surface area contributed by atoms with E-state index in [4.69, 9.17) is 36.4 Å². The van der Waals surface area contributed by atoms with Gasteiger partial charge in [0, 0.05) is 17.8 Å². The van der Waals surface area contributed by atoms with Crippen LogP contribution in [-0.4, -0.2) is 96.5 Å². The van der Waals surface area contributed by atoms with E-state index in [1.807, 2.05) is 6.92 Å². The van der Waals surface area contributed by atoms with Crippen LogP contribution in [0.4, 0.5) is 0 Å². The minimum atomic E-state index is -2.70. The van der Waals surface area contributed by atoms with Gasteiger partial charge in [0.25, 0.3) is 0 Å². The molecule has 0 saturated heterocycles. The second-order valence-electron chi connectivity index (χ2n) is 13.0. The van der Waals surface area contributed by atoms with Gasteiger partial charge in [-0.1, -0.05) is 80.0 Å². The number of hydrogen-bond donors (Lipinski definition) is 1. The second-order valence-corrected chi connectivity index (χ2v) is 29.0. The van der Waals surface area contributed by atoms with Crippen molar-refractivity contribution in [2.24, 2.45) is 0 Å². The Morgan fingerprint density at radius 1 is 0.577 bits per heavy atom. The molecule has 0 aromatic rings.